The first-order chi connectivity index (χ1) is 7.52. The molecule has 0 aliphatic heterocycles. The van der Waals surface area contributed by atoms with Gasteiger partial charge in [-0.15, -0.1) is 0 Å². The molecule has 1 aromatic rings. The number of aryl methyl sites for hydroxylation is 1. The fourth-order valence-electron chi connectivity index (χ4n) is 1.24. The van der Waals surface area contributed by atoms with Gasteiger partial charge in [0.15, 0.2) is 0 Å². The van der Waals surface area contributed by atoms with Crippen LogP contribution in [0.15, 0.2) is 16.8 Å². The number of carbonyl (C=O) groups is 2. The molecule has 1 atom stereocenters. The highest BCUT2D eigenvalue weighted by Crippen LogP contribution is 2.10. The van der Waals surface area contributed by atoms with Gasteiger partial charge in [-0.1, -0.05) is 0 Å². The van der Waals surface area contributed by atoms with E-state index >= 15 is 0 Å². The normalized spacial score (nSPS) is 12.1. The summed E-state index contributed by atoms with van der Waals surface area (Å²) in [5.74, 6) is -1.12. The topological polar surface area (TPSA) is 57.6 Å². The lowest BCUT2D eigenvalue weighted by atomic mass is 10.1. The maximum absolute atomic E-state index is 11.7. The van der Waals surface area contributed by atoms with Crippen LogP contribution >= 0.6 is 11.3 Å². The summed E-state index contributed by atoms with van der Waals surface area (Å²) in [7, 11) is 1.52. The van der Waals surface area contributed by atoms with Crippen molar-refractivity contribution in [3.63, 3.8) is 0 Å². The van der Waals surface area contributed by atoms with Crippen molar-refractivity contribution in [2.24, 2.45) is 0 Å². The van der Waals surface area contributed by atoms with E-state index in [4.69, 9.17) is 5.11 Å². The monoisotopic (exact) mass is 241 g/mol. The van der Waals surface area contributed by atoms with Crippen molar-refractivity contribution in [3.05, 3.63) is 22.4 Å². The zero-order chi connectivity index (χ0) is 12.1. The first kappa shape index (κ1) is 12.7. The second kappa shape index (κ2) is 5.65. The fourth-order valence-corrected chi connectivity index (χ4v) is 1.95. The number of nitrogens with zero attached hydrogens (tertiary/aromatic N) is 1. The molecule has 1 amide bonds. The molecule has 1 aromatic heterocycles. The van der Waals surface area contributed by atoms with Gasteiger partial charge in [-0.2, -0.15) is 11.3 Å². The highest BCUT2D eigenvalue weighted by Gasteiger charge is 2.20. The molecule has 4 nitrogen and oxygen atoms in total. The number of carboxylic acid groups (broad SMARTS) is 1. The maximum Gasteiger partial charge on any atom is 0.326 e. The molecule has 0 bridgehead atoms. The number of aliphatic carboxylic acids is 1. The van der Waals surface area contributed by atoms with Gasteiger partial charge in [-0.05, 0) is 35.7 Å². The van der Waals surface area contributed by atoms with Crippen molar-refractivity contribution in [2.45, 2.75) is 25.8 Å². The second-order valence-corrected chi connectivity index (χ2v) is 4.43. The Labute approximate surface area is 98.5 Å². The van der Waals surface area contributed by atoms with Gasteiger partial charge in [0.1, 0.15) is 6.04 Å². The molecule has 0 fully saturated rings. The SMILES string of the molecule is CC(C(=O)O)N(C)C(=O)CCc1ccsc1. The zero-order valence-corrected chi connectivity index (χ0v) is 10.2. The summed E-state index contributed by atoms with van der Waals surface area (Å²) in [6.45, 7) is 1.50. The summed E-state index contributed by atoms with van der Waals surface area (Å²) in [6.07, 6.45) is 1.02. The minimum atomic E-state index is -0.980. The van der Waals surface area contributed by atoms with E-state index in [0.717, 1.165) is 5.56 Å². The third-order valence-corrected chi connectivity index (χ3v) is 3.27. The largest absolute Gasteiger partial charge is 0.480 e. The molecule has 0 aromatic carbocycles. The zero-order valence-electron chi connectivity index (χ0n) is 9.34. The van der Waals surface area contributed by atoms with Gasteiger partial charge in [0.05, 0.1) is 0 Å². The third-order valence-electron chi connectivity index (χ3n) is 2.54. The Morgan fingerprint density at radius 2 is 2.25 bits per heavy atom. The molecular formula is C11H15NO3S. The molecule has 1 rings (SSSR count). The van der Waals surface area contributed by atoms with Crippen LogP contribution in [0, 0.1) is 0 Å². The van der Waals surface area contributed by atoms with Crippen LogP contribution in [-0.4, -0.2) is 35.0 Å². The van der Waals surface area contributed by atoms with Gasteiger partial charge in [0.25, 0.3) is 0 Å². The van der Waals surface area contributed by atoms with Crippen molar-refractivity contribution in [1.82, 2.24) is 4.90 Å². The van der Waals surface area contributed by atoms with Crippen molar-refractivity contribution >= 4 is 23.2 Å². The van der Waals surface area contributed by atoms with Crippen molar-refractivity contribution in [3.8, 4) is 0 Å². The number of carbonyl (C=O) groups excluding carboxylic acids is 1. The van der Waals surface area contributed by atoms with E-state index in [1.165, 1.54) is 18.9 Å². The predicted molar refractivity (Wildman–Crippen MR) is 62.5 cm³/mol. The number of rotatable bonds is 5. The molecule has 1 unspecified atom stereocenters. The van der Waals surface area contributed by atoms with Gasteiger partial charge >= 0.3 is 5.97 Å². The molecule has 0 aliphatic carbocycles. The van der Waals surface area contributed by atoms with E-state index < -0.39 is 12.0 Å². The smallest absolute Gasteiger partial charge is 0.326 e. The van der Waals surface area contributed by atoms with E-state index in [-0.39, 0.29) is 5.91 Å². The second-order valence-electron chi connectivity index (χ2n) is 3.65. The van der Waals surface area contributed by atoms with Gasteiger partial charge in [-0.25, -0.2) is 4.79 Å². The van der Waals surface area contributed by atoms with Crippen molar-refractivity contribution < 1.29 is 14.7 Å². The van der Waals surface area contributed by atoms with E-state index in [1.807, 2.05) is 16.8 Å². The standard InChI is InChI=1S/C11H15NO3S/c1-8(11(14)15)12(2)10(13)4-3-9-5-6-16-7-9/h5-8H,3-4H2,1-2H3,(H,14,15). The number of carboxylic acids is 1. The lowest BCUT2D eigenvalue weighted by Gasteiger charge is -2.21. The maximum atomic E-state index is 11.7. The molecule has 0 saturated heterocycles. The summed E-state index contributed by atoms with van der Waals surface area (Å²) in [6, 6.07) is 1.20. The Bertz CT molecular complexity index is 361. The van der Waals surface area contributed by atoms with Crippen molar-refractivity contribution in [2.75, 3.05) is 7.05 Å². The number of thiophene rings is 1. The average Bonchev–Trinajstić information content (AvgIpc) is 2.76. The molecule has 1 heterocycles. The highest BCUT2D eigenvalue weighted by atomic mass is 32.1. The molecule has 5 heteroatoms. The van der Waals surface area contributed by atoms with Crippen LogP contribution in [0.1, 0.15) is 18.9 Å². The van der Waals surface area contributed by atoms with E-state index in [9.17, 15) is 9.59 Å². The molecule has 16 heavy (non-hydrogen) atoms. The molecular weight excluding hydrogens is 226 g/mol. The van der Waals surface area contributed by atoms with E-state index in [1.54, 1.807) is 11.3 Å². The van der Waals surface area contributed by atoms with Gasteiger partial charge in [0.2, 0.25) is 5.91 Å². The number of hydrogen-bond acceptors (Lipinski definition) is 3. The molecule has 1 N–H and O–H groups in total. The Morgan fingerprint density at radius 1 is 1.56 bits per heavy atom. The van der Waals surface area contributed by atoms with Crippen LogP contribution in [0.3, 0.4) is 0 Å². The Balaban J connectivity index is 2.43. The average molecular weight is 241 g/mol. The van der Waals surface area contributed by atoms with Crippen LogP contribution in [0.2, 0.25) is 0 Å². The number of likely N-dealkylation sites (N-methyl/N-ethyl adjacent to an activating group) is 1. The van der Waals surface area contributed by atoms with Crippen LogP contribution in [0.5, 0.6) is 0 Å². The van der Waals surface area contributed by atoms with E-state index in [0.29, 0.717) is 12.8 Å². The van der Waals surface area contributed by atoms with Crippen LogP contribution in [0.4, 0.5) is 0 Å². The highest BCUT2D eigenvalue weighted by molar-refractivity contribution is 7.07. The quantitative estimate of drug-likeness (QED) is 0.852. The first-order valence-corrected chi connectivity index (χ1v) is 5.96. The molecule has 0 radical (unpaired) electrons. The predicted octanol–water partition coefficient (Wildman–Crippen LogP) is 1.61. The van der Waals surface area contributed by atoms with E-state index in [2.05, 4.69) is 0 Å². The van der Waals surface area contributed by atoms with Crippen LogP contribution < -0.4 is 0 Å². The van der Waals surface area contributed by atoms with Gasteiger partial charge < -0.3 is 10.0 Å². The molecule has 0 saturated carbocycles. The third kappa shape index (κ3) is 3.34. The summed E-state index contributed by atoms with van der Waals surface area (Å²) in [5, 5.41) is 12.7. The molecule has 0 aliphatic rings. The molecule has 0 spiro atoms. The first-order valence-electron chi connectivity index (χ1n) is 5.02. The Morgan fingerprint density at radius 3 is 2.75 bits per heavy atom. The minimum absolute atomic E-state index is 0.138. The fraction of sp³-hybridized carbons (Fsp3) is 0.455. The lowest BCUT2D eigenvalue weighted by Crippen LogP contribution is -2.40. The summed E-state index contributed by atoms with van der Waals surface area (Å²) in [5.41, 5.74) is 1.12. The van der Waals surface area contributed by atoms with Crippen LogP contribution in [0.25, 0.3) is 0 Å². The van der Waals surface area contributed by atoms with Gasteiger partial charge in [-0.3, -0.25) is 4.79 Å². The van der Waals surface area contributed by atoms with Gasteiger partial charge in [0, 0.05) is 13.5 Å². The Kier molecular flexibility index (Phi) is 4.49. The summed E-state index contributed by atoms with van der Waals surface area (Å²) in [4.78, 5) is 23.6. The van der Waals surface area contributed by atoms with Crippen LogP contribution in [-0.2, 0) is 16.0 Å². The summed E-state index contributed by atoms with van der Waals surface area (Å²) >= 11 is 1.59. The summed E-state index contributed by atoms with van der Waals surface area (Å²) < 4.78 is 0. The molecule has 88 valence electrons. The minimum Gasteiger partial charge on any atom is -0.480 e. The Hall–Kier alpha value is -1.36. The lowest BCUT2D eigenvalue weighted by molar-refractivity contribution is -0.148. The number of amides is 1. The number of hydrogen-bond donors (Lipinski definition) is 1. The van der Waals surface area contributed by atoms with Crippen molar-refractivity contribution in [1.29, 1.82) is 0 Å².